The van der Waals surface area contributed by atoms with E-state index in [4.69, 9.17) is 4.74 Å². The number of aliphatic carboxylic acids is 1. The van der Waals surface area contributed by atoms with Gasteiger partial charge in [-0.25, -0.2) is 0 Å². The van der Waals surface area contributed by atoms with Crippen LogP contribution in [0.5, 0.6) is 0 Å². The van der Waals surface area contributed by atoms with Crippen LogP contribution < -0.4 is 0 Å². The van der Waals surface area contributed by atoms with Gasteiger partial charge in [-0.1, -0.05) is 48.0 Å². The monoisotopic (exact) mass is 330 g/mol. The van der Waals surface area contributed by atoms with E-state index in [-0.39, 0.29) is 6.61 Å². The lowest BCUT2D eigenvalue weighted by molar-refractivity contribution is -0.137. The molecule has 0 heterocycles. The molecule has 1 N–H and O–H groups in total. The minimum Gasteiger partial charge on any atom is -0.480 e. The Morgan fingerprint density at radius 2 is 1.83 bits per heavy atom. The topological polar surface area (TPSA) is 46.5 Å². The highest BCUT2D eigenvalue weighted by Crippen LogP contribution is 2.24. The number of carbonyl (C=O) groups is 1. The van der Waals surface area contributed by atoms with E-state index >= 15 is 0 Å². The molecule has 2 rings (SSSR count). The number of benzene rings is 2. The van der Waals surface area contributed by atoms with Gasteiger partial charge in [0.25, 0.3) is 0 Å². The quantitative estimate of drug-likeness (QED) is 0.553. The lowest BCUT2D eigenvalue weighted by Gasteiger charge is -2.13. The van der Waals surface area contributed by atoms with Crippen molar-refractivity contribution >= 4 is 17.7 Å². The zero-order chi connectivity index (χ0) is 16.5. The SMILES string of the molecule is Cc1ccc(SC(COCCCc2ccccc2)C(=O)O)cc1. The standard InChI is InChI=1S/C19H22O3S/c1-15-9-11-17(12-10-15)23-18(19(20)21)14-22-13-5-8-16-6-3-2-4-7-16/h2-4,6-7,9-12,18H,5,8,13-14H2,1H3,(H,20,21). The molecule has 0 aliphatic rings. The second-order valence-electron chi connectivity index (χ2n) is 5.42. The molecule has 2 aromatic carbocycles. The fraction of sp³-hybridized carbons (Fsp3) is 0.316. The maximum atomic E-state index is 11.4. The molecule has 0 aliphatic heterocycles. The van der Waals surface area contributed by atoms with Gasteiger partial charge in [0.15, 0.2) is 0 Å². The van der Waals surface area contributed by atoms with E-state index in [0.717, 1.165) is 17.7 Å². The number of hydrogen-bond donors (Lipinski definition) is 1. The normalized spacial score (nSPS) is 12.0. The molecule has 122 valence electrons. The van der Waals surface area contributed by atoms with Crippen LogP contribution >= 0.6 is 11.8 Å². The van der Waals surface area contributed by atoms with Gasteiger partial charge >= 0.3 is 5.97 Å². The van der Waals surface area contributed by atoms with Gasteiger partial charge < -0.3 is 9.84 Å². The second-order valence-corrected chi connectivity index (χ2v) is 6.70. The molecule has 0 bridgehead atoms. The maximum Gasteiger partial charge on any atom is 0.319 e. The van der Waals surface area contributed by atoms with Crippen molar-refractivity contribution < 1.29 is 14.6 Å². The van der Waals surface area contributed by atoms with Gasteiger partial charge in [-0.2, -0.15) is 0 Å². The van der Waals surface area contributed by atoms with Crippen LogP contribution in [0.1, 0.15) is 17.5 Å². The average molecular weight is 330 g/mol. The van der Waals surface area contributed by atoms with Crippen molar-refractivity contribution in [1.29, 1.82) is 0 Å². The van der Waals surface area contributed by atoms with Crippen molar-refractivity contribution in [1.82, 2.24) is 0 Å². The van der Waals surface area contributed by atoms with Crippen LogP contribution in [-0.2, 0) is 16.0 Å². The molecule has 1 atom stereocenters. The summed E-state index contributed by atoms with van der Waals surface area (Å²) in [7, 11) is 0. The Morgan fingerprint density at radius 3 is 2.48 bits per heavy atom. The fourth-order valence-corrected chi connectivity index (χ4v) is 3.04. The number of carboxylic acids is 1. The third-order valence-corrected chi connectivity index (χ3v) is 4.61. The van der Waals surface area contributed by atoms with Crippen LogP contribution in [0, 0.1) is 6.92 Å². The first kappa shape index (κ1) is 17.6. The molecule has 23 heavy (non-hydrogen) atoms. The zero-order valence-electron chi connectivity index (χ0n) is 13.3. The molecule has 0 spiro atoms. The largest absolute Gasteiger partial charge is 0.480 e. The Labute approximate surface area is 141 Å². The first-order valence-corrected chi connectivity index (χ1v) is 8.61. The highest BCUT2D eigenvalue weighted by molar-refractivity contribution is 8.00. The van der Waals surface area contributed by atoms with E-state index in [2.05, 4.69) is 12.1 Å². The highest BCUT2D eigenvalue weighted by Gasteiger charge is 2.19. The molecular weight excluding hydrogens is 308 g/mol. The molecule has 3 nitrogen and oxygen atoms in total. The van der Waals surface area contributed by atoms with Crippen molar-refractivity contribution in [2.45, 2.75) is 29.9 Å². The van der Waals surface area contributed by atoms with E-state index in [1.165, 1.54) is 22.9 Å². The molecule has 0 saturated carbocycles. The van der Waals surface area contributed by atoms with E-state index in [0.29, 0.717) is 6.61 Å². The molecule has 0 aliphatic carbocycles. The van der Waals surface area contributed by atoms with Crippen LogP contribution in [-0.4, -0.2) is 29.5 Å². The molecule has 2 aromatic rings. The molecule has 0 radical (unpaired) electrons. The first-order chi connectivity index (χ1) is 11.1. The smallest absolute Gasteiger partial charge is 0.319 e. The van der Waals surface area contributed by atoms with Crippen LogP contribution in [0.3, 0.4) is 0 Å². The summed E-state index contributed by atoms with van der Waals surface area (Å²) >= 11 is 1.34. The number of rotatable bonds is 9. The molecule has 0 saturated heterocycles. The lowest BCUT2D eigenvalue weighted by atomic mass is 10.1. The Hall–Kier alpha value is -1.78. The second kappa shape index (κ2) is 9.38. The molecule has 0 fully saturated rings. The van der Waals surface area contributed by atoms with Gasteiger partial charge in [-0.15, -0.1) is 11.8 Å². The number of aryl methyl sites for hydroxylation is 2. The molecular formula is C19H22O3S. The van der Waals surface area contributed by atoms with Gasteiger partial charge in [0.05, 0.1) is 6.61 Å². The van der Waals surface area contributed by atoms with Crippen molar-refractivity contribution in [3.63, 3.8) is 0 Å². The molecule has 4 heteroatoms. The predicted molar refractivity (Wildman–Crippen MR) is 94.0 cm³/mol. The van der Waals surface area contributed by atoms with Gasteiger partial charge in [0, 0.05) is 11.5 Å². The van der Waals surface area contributed by atoms with Crippen LogP contribution in [0.4, 0.5) is 0 Å². The number of thioether (sulfide) groups is 1. The van der Waals surface area contributed by atoms with Crippen molar-refractivity contribution in [2.75, 3.05) is 13.2 Å². The number of carboxylic acid groups (broad SMARTS) is 1. The molecule has 0 amide bonds. The minimum atomic E-state index is -0.835. The van der Waals surface area contributed by atoms with Crippen molar-refractivity contribution in [2.24, 2.45) is 0 Å². The van der Waals surface area contributed by atoms with E-state index in [1.54, 1.807) is 0 Å². The van der Waals surface area contributed by atoms with Crippen LogP contribution in [0.25, 0.3) is 0 Å². The Kier molecular flexibility index (Phi) is 7.17. The first-order valence-electron chi connectivity index (χ1n) is 7.73. The van der Waals surface area contributed by atoms with E-state index < -0.39 is 11.2 Å². The Bertz CT molecular complexity index is 596. The summed E-state index contributed by atoms with van der Waals surface area (Å²) in [5, 5.41) is 8.75. The fourth-order valence-electron chi connectivity index (χ4n) is 2.15. The summed E-state index contributed by atoms with van der Waals surface area (Å²) in [6.07, 6.45) is 1.84. The third-order valence-electron chi connectivity index (χ3n) is 3.44. The molecule has 0 aromatic heterocycles. The van der Waals surface area contributed by atoms with Gasteiger partial charge in [0.1, 0.15) is 5.25 Å². The van der Waals surface area contributed by atoms with Gasteiger partial charge in [-0.05, 0) is 37.5 Å². The molecule has 1 unspecified atom stereocenters. The summed E-state index contributed by atoms with van der Waals surface area (Å²) in [4.78, 5) is 12.3. The summed E-state index contributed by atoms with van der Waals surface area (Å²) in [6.45, 7) is 2.81. The zero-order valence-corrected chi connectivity index (χ0v) is 14.1. The van der Waals surface area contributed by atoms with E-state index in [1.807, 2.05) is 49.4 Å². The summed E-state index contributed by atoms with van der Waals surface area (Å²) < 4.78 is 5.57. The van der Waals surface area contributed by atoms with Crippen molar-refractivity contribution in [3.05, 3.63) is 65.7 Å². The van der Waals surface area contributed by atoms with Gasteiger partial charge in [-0.3, -0.25) is 4.79 Å². The minimum absolute atomic E-state index is 0.225. The summed E-state index contributed by atoms with van der Waals surface area (Å²) in [6, 6.07) is 18.1. The summed E-state index contributed by atoms with van der Waals surface area (Å²) in [5.74, 6) is -0.835. The van der Waals surface area contributed by atoms with Gasteiger partial charge in [0.2, 0.25) is 0 Å². The highest BCUT2D eigenvalue weighted by atomic mass is 32.2. The number of ether oxygens (including phenoxy) is 1. The maximum absolute atomic E-state index is 11.4. The summed E-state index contributed by atoms with van der Waals surface area (Å²) in [5.41, 5.74) is 2.44. The van der Waals surface area contributed by atoms with Crippen molar-refractivity contribution in [3.8, 4) is 0 Å². The average Bonchev–Trinajstić information content (AvgIpc) is 2.56. The Balaban J connectivity index is 1.72. The predicted octanol–water partition coefficient (Wildman–Crippen LogP) is 4.19. The third kappa shape index (κ3) is 6.47. The Morgan fingerprint density at radius 1 is 1.13 bits per heavy atom. The van der Waals surface area contributed by atoms with Crippen LogP contribution in [0.2, 0.25) is 0 Å². The van der Waals surface area contributed by atoms with E-state index in [9.17, 15) is 9.90 Å². The number of hydrogen-bond acceptors (Lipinski definition) is 3. The van der Waals surface area contributed by atoms with Crippen LogP contribution in [0.15, 0.2) is 59.5 Å². The lowest BCUT2D eigenvalue weighted by Crippen LogP contribution is -2.22.